The van der Waals surface area contributed by atoms with E-state index >= 15 is 0 Å². The van der Waals surface area contributed by atoms with Crippen molar-refractivity contribution in [1.29, 1.82) is 0 Å². The van der Waals surface area contributed by atoms with Crippen LogP contribution in [0.5, 0.6) is 0 Å². The molecular weight excluding hydrogens is 314 g/mol. The Morgan fingerprint density at radius 3 is 2.83 bits per heavy atom. The molecule has 2 atom stereocenters. The van der Waals surface area contributed by atoms with Gasteiger partial charge in [-0.05, 0) is 26.8 Å². The van der Waals surface area contributed by atoms with Crippen molar-refractivity contribution in [3.05, 3.63) is 34.7 Å². The molecule has 1 aliphatic rings. The molecular formula is C16H21N3O3S. The molecule has 0 radical (unpaired) electrons. The van der Waals surface area contributed by atoms with Crippen LogP contribution in [-0.2, 0) is 11.3 Å². The molecule has 0 saturated carbocycles. The van der Waals surface area contributed by atoms with Crippen molar-refractivity contribution in [2.24, 2.45) is 0 Å². The molecule has 1 saturated heterocycles. The standard InChI is InChI=1S/C16H21N3O3S/c1-10-4-5-21-14(10)15(20)18-16-17-13(9-23-16)8-19-6-11(2)22-12(3)7-19/h4-5,9,11-12H,6-8H2,1-3H3,(H,17,18,20)/t11-,12+. The summed E-state index contributed by atoms with van der Waals surface area (Å²) in [5.74, 6) is 0.0691. The Labute approximate surface area is 139 Å². The number of anilines is 1. The molecule has 2 aromatic heterocycles. The van der Waals surface area contributed by atoms with Crippen LogP contribution < -0.4 is 5.32 Å². The lowest BCUT2D eigenvalue weighted by atomic mass is 10.2. The number of nitrogens with zero attached hydrogens (tertiary/aromatic N) is 2. The van der Waals surface area contributed by atoms with Gasteiger partial charge in [0, 0.05) is 30.6 Å². The monoisotopic (exact) mass is 335 g/mol. The van der Waals surface area contributed by atoms with Gasteiger partial charge in [-0.1, -0.05) is 0 Å². The van der Waals surface area contributed by atoms with Crippen LogP contribution in [-0.4, -0.2) is 41.1 Å². The van der Waals surface area contributed by atoms with Crippen LogP contribution >= 0.6 is 11.3 Å². The van der Waals surface area contributed by atoms with E-state index in [0.717, 1.165) is 30.9 Å². The molecule has 0 aliphatic carbocycles. The molecule has 1 fully saturated rings. The van der Waals surface area contributed by atoms with E-state index in [9.17, 15) is 4.79 Å². The highest BCUT2D eigenvalue weighted by Gasteiger charge is 2.23. The molecule has 124 valence electrons. The third kappa shape index (κ3) is 3.99. The normalized spacial score (nSPS) is 22.2. The molecule has 23 heavy (non-hydrogen) atoms. The average molecular weight is 335 g/mol. The quantitative estimate of drug-likeness (QED) is 0.930. The second-order valence-corrected chi connectivity index (χ2v) is 6.84. The first-order chi connectivity index (χ1) is 11.0. The van der Waals surface area contributed by atoms with Crippen molar-refractivity contribution in [3.63, 3.8) is 0 Å². The van der Waals surface area contributed by atoms with Crippen molar-refractivity contribution in [3.8, 4) is 0 Å². The first-order valence-corrected chi connectivity index (χ1v) is 8.57. The Balaban J connectivity index is 1.60. The summed E-state index contributed by atoms with van der Waals surface area (Å²) in [6.07, 6.45) is 1.98. The molecule has 0 aromatic carbocycles. The molecule has 3 heterocycles. The maximum absolute atomic E-state index is 12.1. The molecule has 6 nitrogen and oxygen atoms in total. The van der Waals surface area contributed by atoms with E-state index in [1.165, 1.54) is 17.6 Å². The highest BCUT2D eigenvalue weighted by atomic mass is 32.1. The van der Waals surface area contributed by atoms with Crippen LogP contribution in [0.25, 0.3) is 0 Å². The number of morpholine rings is 1. The van der Waals surface area contributed by atoms with Crippen molar-refractivity contribution < 1.29 is 13.9 Å². The minimum Gasteiger partial charge on any atom is -0.459 e. The summed E-state index contributed by atoms with van der Waals surface area (Å²) in [5.41, 5.74) is 1.78. The number of aryl methyl sites for hydroxylation is 1. The Hall–Kier alpha value is -1.70. The van der Waals surface area contributed by atoms with Gasteiger partial charge in [0.1, 0.15) is 0 Å². The highest BCUT2D eigenvalue weighted by molar-refractivity contribution is 7.13. The van der Waals surface area contributed by atoms with Crippen LogP contribution in [0.15, 0.2) is 22.1 Å². The van der Waals surface area contributed by atoms with Gasteiger partial charge in [0.2, 0.25) is 0 Å². The van der Waals surface area contributed by atoms with Gasteiger partial charge in [-0.25, -0.2) is 4.98 Å². The first-order valence-electron chi connectivity index (χ1n) is 7.69. The average Bonchev–Trinajstić information content (AvgIpc) is 3.07. The van der Waals surface area contributed by atoms with E-state index < -0.39 is 0 Å². The zero-order chi connectivity index (χ0) is 16.4. The second kappa shape index (κ2) is 6.82. The molecule has 7 heteroatoms. The fraction of sp³-hybridized carbons (Fsp3) is 0.500. The van der Waals surface area contributed by atoms with Crippen molar-refractivity contribution in [1.82, 2.24) is 9.88 Å². The van der Waals surface area contributed by atoms with E-state index in [1.807, 2.05) is 12.3 Å². The molecule has 1 N–H and O–H groups in total. The Morgan fingerprint density at radius 1 is 1.43 bits per heavy atom. The minimum absolute atomic E-state index is 0.235. The van der Waals surface area contributed by atoms with Crippen molar-refractivity contribution >= 4 is 22.4 Å². The number of ether oxygens (including phenoxy) is 1. The summed E-state index contributed by atoms with van der Waals surface area (Å²) >= 11 is 1.43. The molecule has 0 spiro atoms. The van der Waals surface area contributed by atoms with Gasteiger partial charge >= 0.3 is 0 Å². The first kappa shape index (κ1) is 16.2. The lowest BCUT2D eigenvalue weighted by Crippen LogP contribution is -2.44. The molecule has 1 aliphatic heterocycles. The Kier molecular flexibility index (Phi) is 4.79. The molecule has 2 aromatic rings. The number of hydrogen-bond acceptors (Lipinski definition) is 6. The van der Waals surface area contributed by atoms with Crippen molar-refractivity contribution in [2.45, 2.75) is 39.5 Å². The maximum Gasteiger partial charge on any atom is 0.293 e. The summed E-state index contributed by atoms with van der Waals surface area (Å²) in [6.45, 7) is 8.57. The summed E-state index contributed by atoms with van der Waals surface area (Å²) in [6, 6.07) is 1.77. The Morgan fingerprint density at radius 2 is 2.17 bits per heavy atom. The summed E-state index contributed by atoms with van der Waals surface area (Å²) in [7, 11) is 0. The number of nitrogens with one attached hydrogen (secondary N) is 1. The highest BCUT2D eigenvalue weighted by Crippen LogP contribution is 2.20. The van der Waals surface area contributed by atoms with Crippen LogP contribution in [0.3, 0.4) is 0 Å². The summed E-state index contributed by atoms with van der Waals surface area (Å²) < 4.78 is 10.9. The number of hydrogen-bond donors (Lipinski definition) is 1. The predicted molar refractivity (Wildman–Crippen MR) is 88.8 cm³/mol. The van der Waals surface area contributed by atoms with Gasteiger partial charge in [0.05, 0.1) is 24.2 Å². The third-order valence-electron chi connectivity index (χ3n) is 3.72. The number of furan rings is 1. The predicted octanol–water partition coefficient (Wildman–Crippen LogP) is 2.91. The van der Waals surface area contributed by atoms with E-state index in [2.05, 4.69) is 29.0 Å². The van der Waals surface area contributed by atoms with E-state index in [0.29, 0.717) is 10.9 Å². The van der Waals surface area contributed by atoms with Crippen molar-refractivity contribution in [2.75, 3.05) is 18.4 Å². The van der Waals surface area contributed by atoms with Gasteiger partial charge in [-0.3, -0.25) is 15.0 Å². The molecule has 0 unspecified atom stereocenters. The fourth-order valence-corrected chi connectivity index (χ4v) is 3.54. The number of thiazole rings is 1. The minimum atomic E-state index is -0.262. The molecule has 3 rings (SSSR count). The van der Waals surface area contributed by atoms with Crippen LogP contribution in [0.4, 0.5) is 5.13 Å². The largest absolute Gasteiger partial charge is 0.459 e. The fourth-order valence-electron chi connectivity index (χ4n) is 2.84. The second-order valence-electron chi connectivity index (χ2n) is 5.98. The third-order valence-corrected chi connectivity index (χ3v) is 4.53. The number of rotatable bonds is 4. The van der Waals surface area contributed by atoms with Gasteiger partial charge < -0.3 is 9.15 Å². The summed E-state index contributed by atoms with van der Waals surface area (Å²) in [5, 5.41) is 5.37. The zero-order valence-electron chi connectivity index (χ0n) is 13.5. The van der Waals surface area contributed by atoms with Crippen LogP contribution in [0.1, 0.15) is 35.7 Å². The van der Waals surface area contributed by atoms with E-state index in [1.54, 1.807) is 6.07 Å². The maximum atomic E-state index is 12.1. The molecule has 0 bridgehead atoms. The number of carbonyl (C=O) groups is 1. The van der Waals surface area contributed by atoms with Gasteiger partial charge in [-0.2, -0.15) is 0 Å². The molecule has 1 amide bonds. The zero-order valence-corrected chi connectivity index (χ0v) is 14.4. The van der Waals surface area contributed by atoms with Gasteiger partial charge in [0.25, 0.3) is 5.91 Å². The summed E-state index contributed by atoms with van der Waals surface area (Å²) in [4.78, 5) is 18.9. The number of aromatic nitrogens is 1. The van der Waals surface area contributed by atoms with E-state index in [4.69, 9.17) is 9.15 Å². The number of amides is 1. The van der Waals surface area contributed by atoms with Gasteiger partial charge in [0.15, 0.2) is 10.9 Å². The van der Waals surface area contributed by atoms with Crippen LogP contribution in [0, 0.1) is 6.92 Å². The number of carbonyl (C=O) groups excluding carboxylic acids is 1. The Bertz CT molecular complexity index is 672. The smallest absolute Gasteiger partial charge is 0.293 e. The van der Waals surface area contributed by atoms with E-state index in [-0.39, 0.29) is 18.1 Å². The SMILES string of the molecule is Cc1ccoc1C(=O)Nc1nc(CN2C[C@@H](C)O[C@@H](C)C2)cs1. The lowest BCUT2D eigenvalue weighted by molar-refractivity contribution is -0.0707. The lowest BCUT2D eigenvalue weighted by Gasteiger charge is -2.34. The topological polar surface area (TPSA) is 67.6 Å². The van der Waals surface area contributed by atoms with Crippen LogP contribution in [0.2, 0.25) is 0 Å². The van der Waals surface area contributed by atoms with Gasteiger partial charge in [-0.15, -0.1) is 11.3 Å².